The van der Waals surface area contributed by atoms with Gasteiger partial charge in [-0.05, 0) is 32.8 Å². The minimum absolute atomic E-state index is 0.0455. The van der Waals surface area contributed by atoms with Crippen LogP contribution in [0.25, 0.3) is 0 Å². The van der Waals surface area contributed by atoms with Gasteiger partial charge in [-0.2, -0.15) is 0 Å². The van der Waals surface area contributed by atoms with Gasteiger partial charge in [0.2, 0.25) is 0 Å². The standard InChI is InChI=1S/C19H26N2O6/c1-19(2,3)27-17(24)20-15-11-21(10-9-14(15)16(22)23)18(25)26-12-13-7-5-4-6-8-13/h4-8,14-15H,9-12H2,1-3H3,(H,20,24)(H,22,23). The maximum atomic E-state index is 12.3. The van der Waals surface area contributed by atoms with Crippen molar-refractivity contribution in [1.82, 2.24) is 10.2 Å². The average molecular weight is 378 g/mol. The maximum Gasteiger partial charge on any atom is 0.410 e. The zero-order chi connectivity index (χ0) is 20.0. The molecule has 8 heteroatoms. The number of hydrogen-bond acceptors (Lipinski definition) is 5. The molecule has 0 radical (unpaired) electrons. The van der Waals surface area contributed by atoms with E-state index in [0.717, 1.165) is 5.56 Å². The van der Waals surface area contributed by atoms with E-state index in [1.807, 2.05) is 30.3 Å². The fraction of sp³-hybridized carbons (Fsp3) is 0.526. The third kappa shape index (κ3) is 6.47. The number of carbonyl (C=O) groups excluding carboxylic acids is 2. The van der Waals surface area contributed by atoms with Crippen LogP contribution in [0.3, 0.4) is 0 Å². The lowest BCUT2D eigenvalue weighted by Gasteiger charge is -2.36. The summed E-state index contributed by atoms with van der Waals surface area (Å²) in [4.78, 5) is 37.2. The second-order valence-electron chi connectivity index (χ2n) is 7.47. The quantitative estimate of drug-likeness (QED) is 0.834. The SMILES string of the molecule is CC(C)(C)OC(=O)NC1CN(C(=O)OCc2ccccc2)CCC1C(=O)O. The van der Waals surface area contributed by atoms with Crippen molar-refractivity contribution in [3.63, 3.8) is 0 Å². The van der Waals surface area contributed by atoms with Crippen molar-refractivity contribution in [2.45, 2.75) is 45.4 Å². The summed E-state index contributed by atoms with van der Waals surface area (Å²) in [6, 6.07) is 8.50. The molecule has 148 valence electrons. The lowest BCUT2D eigenvalue weighted by atomic mass is 9.92. The summed E-state index contributed by atoms with van der Waals surface area (Å²) in [6.07, 6.45) is -1.03. The van der Waals surface area contributed by atoms with Crippen molar-refractivity contribution >= 4 is 18.2 Å². The summed E-state index contributed by atoms with van der Waals surface area (Å²) >= 11 is 0. The molecule has 0 saturated carbocycles. The zero-order valence-corrected chi connectivity index (χ0v) is 15.8. The van der Waals surface area contributed by atoms with E-state index in [4.69, 9.17) is 9.47 Å². The van der Waals surface area contributed by atoms with Crippen LogP contribution in [0.5, 0.6) is 0 Å². The maximum absolute atomic E-state index is 12.3. The van der Waals surface area contributed by atoms with Crippen LogP contribution in [0.2, 0.25) is 0 Å². The van der Waals surface area contributed by atoms with Gasteiger partial charge in [-0.25, -0.2) is 9.59 Å². The minimum atomic E-state index is -1.02. The summed E-state index contributed by atoms with van der Waals surface area (Å²) in [5, 5.41) is 12.0. The van der Waals surface area contributed by atoms with Crippen molar-refractivity contribution in [1.29, 1.82) is 0 Å². The lowest BCUT2D eigenvalue weighted by molar-refractivity contribution is -0.144. The molecule has 27 heavy (non-hydrogen) atoms. The van der Waals surface area contributed by atoms with Crippen LogP contribution in [0.1, 0.15) is 32.8 Å². The predicted octanol–water partition coefficient (Wildman–Crippen LogP) is 2.62. The highest BCUT2D eigenvalue weighted by Gasteiger charge is 2.38. The molecule has 0 bridgehead atoms. The van der Waals surface area contributed by atoms with Crippen LogP contribution >= 0.6 is 0 Å². The molecular weight excluding hydrogens is 352 g/mol. The van der Waals surface area contributed by atoms with E-state index >= 15 is 0 Å². The molecule has 2 N–H and O–H groups in total. The van der Waals surface area contributed by atoms with Crippen molar-refractivity contribution in [2.24, 2.45) is 5.92 Å². The van der Waals surface area contributed by atoms with Gasteiger partial charge in [-0.15, -0.1) is 0 Å². The number of piperidine rings is 1. The largest absolute Gasteiger partial charge is 0.481 e. The molecule has 1 aliphatic rings. The molecule has 0 aromatic heterocycles. The smallest absolute Gasteiger partial charge is 0.410 e. The number of aliphatic carboxylic acids is 1. The van der Waals surface area contributed by atoms with Gasteiger partial charge in [0.1, 0.15) is 12.2 Å². The Morgan fingerprint density at radius 2 is 1.89 bits per heavy atom. The Labute approximate surface area is 158 Å². The number of rotatable bonds is 4. The lowest BCUT2D eigenvalue weighted by Crippen LogP contribution is -2.56. The third-order valence-corrected chi connectivity index (χ3v) is 4.10. The number of nitrogens with zero attached hydrogens (tertiary/aromatic N) is 1. The minimum Gasteiger partial charge on any atom is -0.481 e. The number of carboxylic acids is 1. The summed E-state index contributed by atoms with van der Waals surface area (Å²) in [5.41, 5.74) is 0.154. The van der Waals surface area contributed by atoms with E-state index in [9.17, 15) is 19.5 Å². The monoisotopic (exact) mass is 378 g/mol. The Balaban J connectivity index is 1.96. The Hall–Kier alpha value is -2.77. The molecule has 2 rings (SSSR count). The number of benzene rings is 1. The first kappa shape index (κ1) is 20.5. The van der Waals surface area contributed by atoms with E-state index in [2.05, 4.69) is 5.32 Å². The van der Waals surface area contributed by atoms with Crippen molar-refractivity contribution in [3.05, 3.63) is 35.9 Å². The number of nitrogens with one attached hydrogen (secondary N) is 1. The van der Waals surface area contributed by atoms with Crippen molar-refractivity contribution < 1.29 is 29.0 Å². The Bertz CT molecular complexity index is 671. The Morgan fingerprint density at radius 3 is 2.48 bits per heavy atom. The summed E-state index contributed by atoms with van der Waals surface area (Å²) in [6.45, 7) is 5.57. The number of ether oxygens (including phenoxy) is 2. The first-order valence-electron chi connectivity index (χ1n) is 8.83. The summed E-state index contributed by atoms with van der Waals surface area (Å²) < 4.78 is 10.5. The van der Waals surface area contributed by atoms with Gasteiger partial charge in [0.25, 0.3) is 0 Å². The van der Waals surface area contributed by atoms with Crippen LogP contribution in [0, 0.1) is 5.92 Å². The molecule has 0 spiro atoms. The first-order chi connectivity index (χ1) is 12.7. The Kier molecular flexibility index (Phi) is 6.65. The normalized spacial score (nSPS) is 19.9. The Morgan fingerprint density at radius 1 is 1.22 bits per heavy atom. The summed E-state index contributed by atoms with van der Waals surface area (Å²) in [7, 11) is 0. The molecule has 1 fully saturated rings. The van der Waals surface area contributed by atoms with Gasteiger partial charge in [0, 0.05) is 13.1 Å². The van der Waals surface area contributed by atoms with E-state index < -0.39 is 35.7 Å². The highest BCUT2D eigenvalue weighted by Crippen LogP contribution is 2.20. The van der Waals surface area contributed by atoms with Crippen molar-refractivity contribution in [3.8, 4) is 0 Å². The van der Waals surface area contributed by atoms with E-state index in [-0.39, 0.29) is 26.1 Å². The van der Waals surface area contributed by atoms with Crippen LogP contribution in [0.15, 0.2) is 30.3 Å². The molecule has 2 atom stereocenters. The fourth-order valence-corrected chi connectivity index (χ4v) is 2.83. The third-order valence-electron chi connectivity index (χ3n) is 4.10. The predicted molar refractivity (Wildman–Crippen MR) is 97.1 cm³/mol. The second-order valence-corrected chi connectivity index (χ2v) is 7.47. The molecule has 8 nitrogen and oxygen atoms in total. The van der Waals surface area contributed by atoms with E-state index in [0.29, 0.717) is 0 Å². The number of carboxylic acid groups (broad SMARTS) is 1. The first-order valence-corrected chi connectivity index (χ1v) is 8.83. The fourth-order valence-electron chi connectivity index (χ4n) is 2.83. The number of amides is 2. The molecule has 1 aromatic carbocycles. The molecule has 0 aliphatic carbocycles. The number of carbonyl (C=O) groups is 3. The number of likely N-dealkylation sites (tertiary alicyclic amines) is 1. The van der Waals surface area contributed by atoms with E-state index in [1.165, 1.54) is 4.90 Å². The zero-order valence-electron chi connectivity index (χ0n) is 15.8. The van der Waals surface area contributed by atoms with Gasteiger partial charge in [-0.3, -0.25) is 4.79 Å². The molecule has 1 aliphatic heterocycles. The van der Waals surface area contributed by atoms with Crippen LogP contribution in [-0.4, -0.2) is 52.9 Å². The highest BCUT2D eigenvalue weighted by molar-refractivity contribution is 5.75. The van der Waals surface area contributed by atoms with Gasteiger partial charge >= 0.3 is 18.2 Å². The number of alkyl carbamates (subject to hydrolysis) is 1. The second kappa shape index (κ2) is 8.75. The van der Waals surface area contributed by atoms with E-state index in [1.54, 1.807) is 20.8 Å². The molecule has 2 amide bonds. The highest BCUT2D eigenvalue weighted by atomic mass is 16.6. The van der Waals surface area contributed by atoms with Gasteiger partial charge in [0.05, 0.1) is 12.0 Å². The molecule has 1 saturated heterocycles. The van der Waals surface area contributed by atoms with Crippen LogP contribution < -0.4 is 5.32 Å². The average Bonchev–Trinajstić information content (AvgIpc) is 2.58. The molecule has 1 heterocycles. The molecular formula is C19H26N2O6. The van der Waals surface area contributed by atoms with Crippen molar-refractivity contribution in [2.75, 3.05) is 13.1 Å². The van der Waals surface area contributed by atoms with Crippen LogP contribution in [-0.2, 0) is 20.9 Å². The summed E-state index contributed by atoms with van der Waals surface area (Å²) in [5.74, 6) is -1.82. The molecule has 1 aromatic rings. The van der Waals surface area contributed by atoms with Crippen LogP contribution in [0.4, 0.5) is 9.59 Å². The van der Waals surface area contributed by atoms with Gasteiger partial charge < -0.3 is 24.8 Å². The topological polar surface area (TPSA) is 105 Å². The van der Waals surface area contributed by atoms with Gasteiger partial charge in [0.15, 0.2) is 0 Å². The van der Waals surface area contributed by atoms with Gasteiger partial charge in [-0.1, -0.05) is 30.3 Å². The number of hydrogen-bond donors (Lipinski definition) is 2. The molecule has 2 unspecified atom stereocenters.